The number of methoxy groups -OCH3 is 1. The molecule has 0 spiro atoms. The van der Waals surface area contributed by atoms with Crippen LogP contribution in [0, 0.1) is 17.8 Å². The molecule has 1 atom stereocenters. The Bertz CT molecular complexity index is 1260. The number of aromatic carboxylic acids is 1. The average molecular weight is 487 g/mol. The molecule has 4 fully saturated rings. The van der Waals surface area contributed by atoms with Gasteiger partial charge in [0.25, 0.3) is 0 Å². The molecule has 0 saturated heterocycles. The van der Waals surface area contributed by atoms with Crippen LogP contribution in [0.4, 0.5) is 0 Å². The Morgan fingerprint density at radius 3 is 2.31 bits per heavy atom. The summed E-state index contributed by atoms with van der Waals surface area (Å²) in [6, 6.07) is 17.8. The quantitative estimate of drug-likeness (QED) is 0.347. The monoisotopic (exact) mass is 486 g/mol. The zero-order chi connectivity index (χ0) is 24.9. The molecule has 36 heavy (non-hydrogen) atoms. The number of ether oxygens (including phenoxy) is 3. The molecular weight excluding hydrogens is 452 g/mol. The van der Waals surface area contributed by atoms with Gasteiger partial charge in [-0.1, -0.05) is 30.3 Å². The molecule has 0 amide bonds. The van der Waals surface area contributed by atoms with E-state index in [2.05, 4.69) is 24.3 Å². The Morgan fingerprint density at radius 2 is 1.67 bits per heavy atom. The molecular formula is C31H34O5. The minimum atomic E-state index is -0.912. The second-order valence-corrected chi connectivity index (χ2v) is 11.1. The van der Waals surface area contributed by atoms with Crippen LogP contribution in [-0.2, 0) is 14.9 Å². The van der Waals surface area contributed by atoms with Gasteiger partial charge in [-0.2, -0.15) is 0 Å². The van der Waals surface area contributed by atoms with Gasteiger partial charge in [0.05, 0.1) is 12.2 Å². The minimum absolute atomic E-state index is 0.123. The minimum Gasteiger partial charge on any atom is -0.478 e. The Hall–Kier alpha value is -2.89. The first kappa shape index (κ1) is 23.5. The molecule has 4 bridgehead atoms. The molecule has 0 aliphatic heterocycles. The van der Waals surface area contributed by atoms with Gasteiger partial charge in [0.2, 0.25) is 0 Å². The van der Waals surface area contributed by atoms with Crippen molar-refractivity contribution in [3.63, 3.8) is 0 Å². The fraction of sp³-hybridized carbons (Fsp3) is 0.452. The number of carboxylic acid groups (broad SMARTS) is 1. The Kier molecular flexibility index (Phi) is 6.01. The molecule has 7 rings (SSSR count). The topological polar surface area (TPSA) is 65.0 Å². The summed E-state index contributed by atoms with van der Waals surface area (Å²) < 4.78 is 17.6. The molecule has 0 heterocycles. The van der Waals surface area contributed by atoms with E-state index in [0.29, 0.717) is 12.2 Å². The van der Waals surface area contributed by atoms with Crippen molar-refractivity contribution in [1.29, 1.82) is 0 Å². The average Bonchev–Trinajstić information content (AvgIpc) is 2.87. The van der Waals surface area contributed by atoms with Crippen molar-refractivity contribution in [2.45, 2.75) is 57.3 Å². The van der Waals surface area contributed by atoms with Gasteiger partial charge in [-0.05, 0) is 115 Å². The van der Waals surface area contributed by atoms with Crippen LogP contribution in [0.15, 0.2) is 54.6 Å². The molecule has 1 N–H and O–H groups in total. The molecule has 4 saturated carbocycles. The molecule has 188 valence electrons. The van der Waals surface area contributed by atoms with E-state index in [1.165, 1.54) is 44.1 Å². The van der Waals surface area contributed by atoms with Crippen LogP contribution >= 0.6 is 0 Å². The highest BCUT2D eigenvalue weighted by Gasteiger charge is 2.52. The van der Waals surface area contributed by atoms with E-state index < -0.39 is 12.4 Å². The van der Waals surface area contributed by atoms with Gasteiger partial charge >= 0.3 is 12.4 Å². The van der Waals surface area contributed by atoms with E-state index in [-0.39, 0.29) is 5.41 Å². The molecule has 5 nitrogen and oxygen atoms in total. The standard InChI is InChI=1S/C31H34O5/c1-3-35-30(34-2)36-28-15-22-8-9-23(25-6-4-5-7-26(25)29(32)33)13-24(22)14-27(28)31-16-19-10-20(17-31)12-21(11-19)18-31/h4-9,13-15,19-21,30H,3,10-12,16-18H2,1-2H3,(H,32,33). The lowest BCUT2D eigenvalue weighted by atomic mass is 9.48. The summed E-state index contributed by atoms with van der Waals surface area (Å²) in [5, 5.41) is 11.9. The summed E-state index contributed by atoms with van der Waals surface area (Å²) in [7, 11) is 1.61. The maximum Gasteiger partial charge on any atom is 0.336 e. The van der Waals surface area contributed by atoms with E-state index >= 15 is 0 Å². The third-order valence-electron chi connectivity index (χ3n) is 8.74. The molecule has 1 unspecified atom stereocenters. The van der Waals surface area contributed by atoms with Crippen molar-refractivity contribution in [2.75, 3.05) is 13.7 Å². The second kappa shape index (κ2) is 9.20. The zero-order valence-electron chi connectivity index (χ0n) is 21.0. The first-order valence-corrected chi connectivity index (χ1v) is 13.2. The van der Waals surface area contributed by atoms with Gasteiger partial charge in [-0.25, -0.2) is 4.79 Å². The SMILES string of the molecule is CCOC(OC)Oc1cc2ccc(-c3ccccc3C(=O)O)cc2cc1C12CC3CC(CC(C3)C1)C2. The Balaban J connectivity index is 1.49. The molecule has 4 aliphatic carbocycles. The van der Waals surface area contributed by atoms with Gasteiger partial charge in [0, 0.05) is 12.7 Å². The van der Waals surface area contributed by atoms with Gasteiger partial charge < -0.3 is 19.3 Å². The largest absolute Gasteiger partial charge is 0.478 e. The summed E-state index contributed by atoms with van der Waals surface area (Å²) >= 11 is 0. The smallest absolute Gasteiger partial charge is 0.336 e. The Morgan fingerprint density at radius 1 is 0.972 bits per heavy atom. The number of rotatable bonds is 8. The molecule has 5 heteroatoms. The lowest BCUT2D eigenvalue weighted by molar-refractivity contribution is -0.231. The van der Waals surface area contributed by atoms with Crippen LogP contribution in [0.1, 0.15) is 61.4 Å². The van der Waals surface area contributed by atoms with Crippen molar-refractivity contribution in [2.24, 2.45) is 17.8 Å². The highest BCUT2D eigenvalue weighted by atomic mass is 16.8. The number of hydrogen-bond donors (Lipinski definition) is 1. The highest BCUT2D eigenvalue weighted by Crippen LogP contribution is 2.62. The third kappa shape index (κ3) is 4.08. The summed E-state index contributed by atoms with van der Waals surface area (Å²) in [4.78, 5) is 11.9. The van der Waals surface area contributed by atoms with Gasteiger partial charge in [-0.3, -0.25) is 0 Å². The lowest BCUT2D eigenvalue weighted by Crippen LogP contribution is -2.48. The molecule has 3 aromatic carbocycles. The van der Waals surface area contributed by atoms with Crippen LogP contribution < -0.4 is 4.74 Å². The van der Waals surface area contributed by atoms with Gasteiger partial charge in [0.15, 0.2) is 0 Å². The van der Waals surface area contributed by atoms with Gasteiger partial charge in [0.1, 0.15) is 5.75 Å². The molecule has 4 aliphatic rings. The molecule has 3 aromatic rings. The van der Waals surface area contributed by atoms with Crippen molar-refractivity contribution in [3.05, 3.63) is 65.7 Å². The zero-order valence-corrected chi connectivity index (χ0v) is 21.0. The van der Waals surface area contributed by atoms with Crippen LogP contribution in [0.3, 0.4) is 0 Å². The van der Waals surface area contributed by atoms with Crippen molar-refractivity contribution in [3.8, 4) is 16.9 Å². The summed E-state index contributed by atoms with van der Waals surface area (Å²) in [5.41, 5.74) is 3.35. The summed E-state index contributed by atoms with van der Waals surface area (Å²) in [6.07, 6.45) is 7.77. The summed E-state index contributed by atoms with van der Waals surface area (Å²) in [6.45, 7) is 1.69. The van der Waals surface area contributed by atoms with Crippen LogP contribution in [0.2, 0.25) is 0 Å². The number of carboxylic acids is 1. The van der Waals surface area contributed by atoms with E-state index in [0.717, 1.165) is 45.4 Å². The van der Waals surface area contributed by atoms with E-state index in [4.69, 9.17) is 14.2 Å². The maximum absolute atomic E-state index is 11.9. The number of benzene rings is 3. The van der Waals surface area contributed by atoms with Crippen molar-refractivity contribution >= 4 is 16.7 Å². The molecule has 0 aromatic heterocycles. The highest BCUT2D eigenvalue weighted by molar-refractivity contribution is 5.98. The van der Waals surface area contributed by atoms with Gasteiger partial charge in [-0.15, -0.1) is 0 Å². The summed E-state index contributed by atoms with van der Waals surface area (Å²) in [5.74, 6) is 2.35. The fourth-order valence-corrected chi connectivity index (χ4v) is 7.71. The van der Waals surface area contributed by atoms with Crippen LogP contribution in [-0.4, -0.2) is 31.3 Å². The van der Waals surface area contributed by atoms with E-state index in [1.54, 1.807) is 19.2 Å². The maximum atomic E-state index is 11.9. The van der Waals surface area contributed by atoms with E-state index in [9.17, 15) is 9.90 Å². The Labute approximate surface area is 212 Å². The lowest BCUT2D eigenvalue weighted by Gasteiger charge is -2.57. The first-order chi connectivity index (χ1) is 17.5. The predicted octanol–water partition coefficient (Wildman–Crippen LogP) is 7.02. The number of fused-ring (bicyclic) bond motifs is 1. The third-order valence-corrected chi connectivity index (χ3v) is 8.74. The normalized spacial score (nSPS) is 27.3. The van der Waals surface area contributed by atoms with Crippen LogP contribution in [0.25, 0.3) is 21.9 Å². The fourth-order valence-electron chi connectivity index (χ4n) is 7.71. The van der Waals surface area contributed by atoms with Crippen molar-refractivity contribution in [1.82, 2.24) is 0 Å². The number of carbonyl (C=O) groups is 1. The molecule has 0 radical (unpaired) electrons. The number of hydrogen-bond acceptors (Lipinski definition) is 4. The van der Waals surface area contributed by atoms with E-state index in [1.807, 2.05) is 25.1 Å². The first-order valence-electron chi connectivity index (χ1n) is 13.2. The van der Waals surface area contributed by atoms with Crippen molar-refractivity contribution < 1.29 is 24.1 Å². The van der Waals surface area contributed by atoms with Crippen LogP contribution in [0.5, 0.6) is 5.75 Å². The predicted molar refractivity (Wildman–Crippen MR) is 139 cm³/mol. The second-order valence-electron chi connectivity index (χ2n) is 11.1.